The lowest BCUT2D eigenvalue weighted by Crippen LogP contribution is -2.01. The van der Waals surface area contributed by atoms with Gasteiger partial charge in [-0.15, -0.1) is 0 Å². The second-order valence-corrected chi connectivity index (χ2v) is 11.3. The van der Waals surface area contributed by atoms with Gasteiger partial charge in [-0.05, 0) is 37.1 Å². The first-order chi connectivity index (χ1) is 13.6. The molecule has 2 rings (SSSR count). The Hall–Kier alpha value is -1.06. The van der Waals surface area contributed by atoms with Crippen LogP contribution in [0.3, 0.4) is 0 Å². The van der Waals surface area contributed by atoms with Crippen LogP contribution in [0.5, 0.6) is 5.75 Å². The fourth-order valence-corrected chi connectivity index (χ4v) is 6.81. The number of para-hydroxylation sites is 1. The lowest BCUT2D eigenvalue weighted by Gasteiger charge is -2.21. The summed E-state index contributed by atoms with van der Waals surface area (Å²) in [6, 6.07) is 17.5. The molecule has 2 aromatic rings. The number of unbranched alkanes of at least 4 members (excludes halogenated alkanes) is 7. The van der Waals surface area contributed by atoms with Crippen LogP contribution in [-0.2, 0) is 15.5 Å². The SMILES string of the molecule is CCCCCCCCCCOP(O)(Oc1ccccc1)=[SH]c1ccccc1C. The van der Waals surface area contributed by atoms with Gasteiger partial charge in [0.2, 0.25) is 0 Å². The second-order valence-electron chi connectivity index (χ2n) is 7.09. The van der Waals surface area contributed by atoms with Crippen molar-refractivity contribution in [1.82, 2.24) is 0 Å². The van der Waals surface area contributed by atoms with Gasteiger partial charge in [0, 0.05) is 4.90 Å². The average Bonchev–Trinajstić information content (AvgIpc) is 2.69. The van der Waals surface area contributed by atoms with Crippen molar-refractivity contribution in [3.8, 4) is 5.75 Å². The van der Waals surface area contributed by atoms with Crippen molar-refractivity contribution < 1.29 is 13.9 Å². The first kappa shape index (κ1) is 23.2. The number of thiol groups is 1. The van der Waals surface area contributed by atoms with Crippen LogP contribution in [-0.4, -0.2) is 11.5 Å². The van der Waals surface area contributed by atoms with Crippen LogP contribution in [0.1, 0.15) is 63.9 Å². The maximum absolute atomic E-state index is 11.2. The zero-order valence-electron chi connectivity index (χ0n) is 17.2. The van der Waals surface area contributed by atoms with E-state index in [1.54, 1.807) is 0 Å². The van der Waals surface area contributed by atoms with Crippen LogP contribution < -0.4 is 4.52 Å². The minimum atomic E-state index is -3.04. The highest BCUT2D eigenvalue weighted by Gasteiger charge is 2.18. The summed E-state index contributed by atoms with van der Waals surface area (Å²) >= 11 is 0. The molecule has 5 heteroatoms. The average molecular weight is 423 g/mol. The molecule has 0 amide bonds. The number of aryl methyl sites for hydroxylation is 1. The minimum Gasteiger partial charge on any atom is -0.428 e. The van der Waals surface area contributed by atoms with Crippen LogP contribution in [0.25, 0.3) is 0 Å². The molecule has 2 aromatic carbocycles. The summed E-state index contributed by atoms with van der Waals surface area (Å²) in [7, 11) is 0.710. The van der Waals surface area contributed by atoms with E-state index < -0.39 is 6.72 Å². The Labute approximate surface area is 174 Å². The molecule has 1 N–H and O–H groups in total. The molecule has 0 aliphatic carbocycles. The first-order valence-corrected chi connectivity index (χ1v) is 13.6. The Bertz CT molecular complexity index is 734. The van der Waals surface area contributed by atoms with Gasteiger partial charge in [0.05, 0.1) is 6.61 Å². The third kappa shape index (κ3) is 8.96. The highest BCUT2D eigenvalue weighted by atomic mass is 32.5. The van der Waals surface area contributed by atoms with Gasteiger partial charge >= 0.3 is 6.72 Å². The number of benzene rings is 2. The van der Waals surface area contributed by atoms with Crippen LogP contribution in [0.4, 0.5) is 0 Å². The van der Waals surface area contributed by atoms with E-state index in [1.807, 2.05) is 61.5 Å². The van der Waals surface area contributed by atoms with Gasteiger partial charge in [-0.3, -0.25) is 0 Å². The van der Waals surface area contributed by atoms with Gasteiger partial charge in [0.15, 0.2) is 0 Å². The Balaban J connectivity index is 1.93. The molecule has 0 aromatic heterocycles. The van der Waals surface area contributed by atoms with Crippen molar-refractivity contribution in [2.45, 2.75) is 70.1 Å². The summed E-state index contributed by atoms with van der Waals surface area (Å²) in [6.45, 7) is 1.79. The molecule has 0 saturated heterocycles. The van der Waals surface area contributed by atoms with E-state index in [9.17, 15) is 4.89 Å². The molecule has 28 heavy (non-hydrogen) atoms. The van der Waals surface area contributed by atoms with Crippen LogP contribution in [0.15, 0.2) is 59.5 Å². The third-order valence-corrected chi connectivity index (χ3v) is 8.51. The van der Waals surface area contributed by atoms with Gasteiger partial charge in [0.1, 0.15) is 5.75 Å². The molecular formula is C23H35O3PS. The van der Waals surface area contributed by atoms with E-state index >= 15 is 0 Å². The lowest BCUT2D eigenvalue weighted by atomic mass is 10.1. The Kier molecular flexibility index (Phi) is 11.0. The zero-order chi connectivity index (χ0) is 20.1. The minimum absolute atomic E-state index is 0.533. The third-order valence-electron chi connectivity index (χ3n) is 4.57. The summed E-state index contributed by atoms with van der Waals surface area (Å²) in [5, 5.41) is 0. The number of hydrogen-bond donors (Lipinski definition) is 2. The van der Waals surface area contributed by atoms with Crippen molar-refractivity contribution in [2.75, 3.05) is 6.61 Å². The van der Waals surface area contributed by atoms with Crippen molar-refractivity contribution in [2.24, 2.45) is 0 Å². The molecule has 0 radical (unpaired) electrons. The van der Waals surface area contributed by atoms with E-state index in [-0.39, 0.29) is 0 Å². The van der Waals surface area contributed by atoms with Gasteiger partial charge in [0.25, 0.3) is 0 Å². The molecule has 0 bridgehead atoms. The van der Waals surface area contributed by atoms with Crippen molar-refractivity contribution >= 4 is 17.7 Å². The summed E-state index contributed by atoms with van der Waals surface area (Å²) in [4.78, 5) is 12.2. The van der Waals surface area contributed by atoms with Gasteiger partial charge in [-0.1, -0.05) is 99.2 Å². The summed E-state index contributed by atoms with van der Waals surface area (Å²) in [6.07, 6.45) is 9.93. The van der Waals surface area contributed by atoms with Gasteiger partial charge in [-0.25, -0.2) is 0 Å². The molecule has 0 spiro atoms. The fourth-order valence-electron chi connectivity index (χ4n) is 2.93. The van der Waals surface area contributed by atoms with E-state index in [0.29, 0.717) is 23.3 Å². The molecule has 0 aliphatic rings. The largest absolute Gasteiger partial charge is 0.428 e. The van der Waals surface area contributed by atoms with E-state index in [4.69, 9.17) is 9.05 Å². The molecule has 0 saturated carbocycles. The maximum Gasteiger partial charge on any atom is 0.336 e. The topological polar surface area (TPSA) is 38.7 Å². The summed E-state index contributed by atoms with van der Waals surface area (Å²) in [5.74, 6) is 0.648. The Morgan fingerprint density at radius 1 is 0.821 bits per heavy atom. The molecule has 0 heterocycles. The van der Waals surface area contributed by atoms with E-state index in [1.165, 1.54) is 38.5 Å². The first-order valence-electron chi connectivity index (χ1n) is 10.4. The molecule has 3 nitrogen and oxygen atoms in total. The predicted molar refractivity (Wildman–Crippen MR) is 123 cm³/mol. The Morgan fingerprint density at radius 2 is 1.43 bits per heavy atom. The number of rotatable bonds is 13. The van der Waals surface area contributed by atoms with E-state index in [0.717, 1.165) is 23.3 Å². The molecule has 0 fully saturated rings. The highest BCUT2D eigenvalue weighted by molar-refractivity contribution is 8.17. The molecule has 1 unspecified atom stereocenters. The monoisotopic (exact) mass is 422 g/mol. The van der Waals surface area contributed by atoms with Crippen LogP contribution in [0.2, 0.25) is 0 Å². The van der Waals surface area contributed by atoms with Crippen LogP contribution in [0, 0.1) is 6.92 Å². The van der Waals surface area contributed by atoms with E-state index in [2.05, 4.69) is 6.92 Å². The normalized spacial score (nSPS) is 13.2. The molecule has 0 aliphatic heterocycles. The van der Waals surface area contributed by atoms with Crippen molar-refractivity contribution in [1.29, 1.82) is 0 Å². The van der Waals surface area contributed by atoms with Gasteiger partial charge < -0.3 is 13.9 Å². The second kappa shape index (κ2) is 13.2. The predicted octanol–water partition coefficient (Wildman–Crippen LogP) is 7.08. The molecule has 156 valence electrons. The van der Waals surface area contributed by atoms with Crippen LogP contribution >= 0.6 is 6.72 Å². The van der Waals surface area contributed by atoms with Crippen molar-refractivity contribution in [3.05, 3.63) is 60.2 Å². The Morgan fingerprint density at radius 3 is 2.11 bits per heavy atom. The van der Waals surface area contributed by atoms with Gasteiger partial charge in [-0.2, -0.15) is 0 Å². The molecule has 1 atom stereocenters. The maximum atomic E-state index is 11.2. The lowest BCUT2D eigenvalue weighted by molar-refractivity contribution is 0.250. The quantitative estimate of drug-likeness (QED) is 0.206. The zero-order valence-corrected chi connectivity index (χ0v) is 19.0. The number of hydrogen-bond acceptors (Lipinski definition) is 2. The smallest absolute Gasteiger partial charge is 0.336 e. The summed E-state index contributed by atoms with van der Waals surface area (Å²) < 4.78 is 11.9. The highest BCUT2D eigenvalue weighted by Crippen LogP contribution is 2.48. The fraction of sp³-hybridized carbons (Fsp3) is 0.478. The molecular weight excluding hydrogens is 387 g/mol. The van der Waals surface area contributed by atoms with Crippen molar-refractivity contribution in [3.63, 3.8) is 0 Å². The summed E-state index contributed by atoms with van der Waals surface area (Å²) in [5.41, 5.74) is 1.13. The standard InChI is InChI=1S/C23H35O3PS/c1-3-4-5-6-7-8-9-15-20-25-27(24,26-22-17-11-10-12-18-22)28-23-19-14-13-16-21(23)2/h10-14,16-19,24,28H,3-9,15,20H2,1-2H3.